The highest BCUT2D eigenvalue weighted by Gasteiger charge is 2.23. The number of H-pyrrole nitrogens is 2. The van der Waals surface area contributed by atoms with Gasteiger partial charge in [-0.15, -0.1) is 0 Å². The van der Waals surface area contributed by atoms with Gasteiger partial charge >= 0.3 is 0 Å². The minimum Gasteiger partial charge on any atom is -0.382 e. The van der Waals surface area contributed by atoms with Crippen LogP contribution in [-0.4, -0.2) is 20.2 Å². The van der Waals surface area contributed by atoms with Crippen LogP contribution in [0.15, 0.2) is 109 Å². The number of hydrogen-bond donors (Lipinski definition) is 4. The van der Waals surface area contributed by atoms with Crippen LogP contribution in [0.2, 0.25) is 0 Å². The van der Waals surface area contributed by atoms with Gasteiger partial charge in [0.05, 0.1) is 5.92 Å². The molecule has 34 heavy (non-hydrogen) atoms. The molecule has 0 aliphatic carbocycles. The normalized spacial score (nSPS) is 14.0. The highest BCUT2D eigenvalue weighted by molar-refractivity contribution is 5.42. The van der Waals surface area contributed by atoms with E-state index in [9.17, 15) is 10.2 Å². The summed E-state index contributed by atoms with van der Waals surface area (Å²) in [6.07, 6.45) is -1.46. The molecule has 0 fully saturated rings. The molecule has 5 rings (SSSR count). The first-order valence-electron chi connectivity index (χ1n) is 11.5. The zero-order chi connectivity index (χ0) is 23.5. The maximum atomic E-state index is 10.9. The largest absolute Gasteiger partial charge is 0.382 e. The predicted molar refractivity (Wildman–Crippen MR) is 135 cm³/mol. The molecule has 0 saturated carbocycles. The summed E-state index contributed by atoms with van der Waals surface area (Å²) in [4.78, 5) is 6.92. The van der Waals surface area contributed by atoms with E-state index >= 15 is 0 Å². The fraction of sp³-hybridized carbons (Fsp3) is 0.133. The van der Waals surface area contributed by atoms with E-state index in [-0.39, 0.29) is 5.92 Å². The van der Waals surface area contributed by atoms with Gasteiger partial charge in [0, 0.05) is 22.8 Å². The van der Waals surface area contributed by atoms with Crippen molar-refractivity contribution in [2.75, 3.05) is 0 Å². The molecule has 5 aromatic rings. The van der Waals surface area contributed by atoms with Gasteiger partial charge in [-0.05, 0) is 47.9 Å². The third-order valence-electron chi connectivity index (χ3n) is 6.31. The highest BCUT2D eigenvalue weighted by atomic mass is 16.3. The first-order chi connectivity index (χ1) is 16.6. The summed E-state index contributed by atoms with van der Waals surface area (Å²) in [6, 6.07) is 35.7. The van der Waals surface area contributed by atoms with Crippen LogP contribution in [0.5, 0.6) is 0 Å². The predicted octanol–water partition coefficient (Wildman–Crippen LogP) is 5.99. The minimum absolute atomic E-state index is 0.103. The molecule has 0 amide bonds. The Hall–Kier alpha value is -3.86. The molecular formula is C30H28N2O2. The van der Waals surface area contributed by atoms with E-state index in [1.54, 1.807) is 0 Å². The fourth-order valence-electron chi connectivity index (χ4n) is 4.43. The summed E-state index contributed by atoms with van der Waals surface area (Å²) in [6.45, 7) is 2.07. The Bertz CT molecular complexity index is 1250. The average molecular weight is 449 g/mol. The van der Waals surface area contributed by atoms with Crippen LogP contribution < -0.4 is 0 Å². The van der Waals surface area contributed by atoms with Gasteiger partial charge in [-0.25, -0.2) is 0 Å². The van der Waals surface area contributed by atoms with Gasteiger partial charge in [0.25, 0.3) is 0 Å². The van der Waals surface area contributed by atoms with Crippen LogP contribution in [0.1, 0.15) is 63.2 Å². The number of aryl methyl sites for hydroxylation is 1. The first-order valence-corrected chi connectivity index (χ1v) is 11.5. The van der Waals surface area contributed by atoms with E-state index in [2.05, 4.69) is 41.2 Å². The molecule has 0 aliphatic heterocycles. The molecule has 4 heteroatoms. The van der Waals surface area contributed by atoms with Gasteiger partial charge in [-0.3, -0.25) is 0 Å². The fourth-order valence-corrected chi connectivity index (χ4v) is 4.43. The van der Waals surface area contributed by atoms with Crippen molar-refractivity contribution in [3.05, 3.63) is 154 Å². The molecule has 0 aliphatic rings. The van der Waals surface area contributed by atoms with E-state index in [0.29, 0.717) is 0 Å². The molecule has 0 saturated heterocycles. The van der Waals surface area contributed by atoms with Crippen molar-refractivity contribution >= 4 is 0 Å². The number of aliphatic hydroxyl groups excluding tert-OH is 2. The Morgan fingerprint density at radius 2 is 0.882 bits per heavy atom. The van der Waals surface area contributed by atoms with Crippen LogP contribution in [0.3, 0.4) is 0 Å². The van der Waals surface area contributed by atoms with Crippen LogP contribution in [0, 0.1) is 6.92 Å². The van der Waals surface area contributed by atoms with Crippen LogP contribution in [0.25, 0.3) is 0 Å². The summed E-state index contributed by atoms with van der Waals surface area (Å²) in [5.41, 5.74) is 7.43. The van der Waals surface area contributed by atoms with Crippen LogP contribution in [-0.2, 0) is 0 Å². The number of hydrogen-bond acceptors (Lipinski definition) is 2. The van der Waals surface area contributed by atoms with E-state index < -0.39 is 12.2 Å². The van der Waals surface area contributed by atoms with Crippen molar-refractivity contribution < 1.29 is 10.2 Å². The molecule has 3 aromatic carbocycles. The van der Waals surface area contributed by atoms with Crippen molar-refractivity contribution in [1.82, 2.24) is 9.97 Å². The van der Waals surface area contributed by atoms with Gasteiger partial charge in [0.15, 0.2) is 0 Å². The second-order valence-corrected chi connectivity index (χ2v) is 8.71. The van der Waals surface area contributed by atoms with E-state index in [1.807, 2.05) is 84.9 Å². The number of benzene rings is 3. The van der Waals surface area contributed by atoms with Gasteiger partial charge in [0.2, 0.25) is 0 Å². The third kappa shape index (κ3) is 4.46. The summed E-state index contributed by atoms with van der Waals surface area (Å²) in [7, 11) is 0. The van der Waals surface area contributed by atoms with E-state index in [1.165, 1.54) is 5.56 Å². The Morgan fingerprint density at radius 1 is 0.471 bits per heavy atom. The van der Waals surface area contributed by atoms with Gasteiger partial charge < -0.3 is 20.2 Å². The van der Waals surface area contributed by atoms with Crippen molar-refractivity contribution in [3.8, 4) is 0 Å². The molecule has 2 aromatic heterocycles. The lowest BCUT2D eigenvalue weighted by atomic mass is 9.92. The number of aromatic nitrogens is 2. The van der Waals surface area contributed by atoms with Gasteiger partial charge in [-0.2, -0.15) is 0 Å². The Balaban J connectivity index is 1.51. The second kappa shape index (κ2) is 9.56. The monoisotopic (exact) mass is 448 g/mol. The third-order valence-corrected chi connectivity index (χ3v) is 6.31. The van der Waals surface area contributed by atoms with Crippen molar-refractivity contribution in [2.45, 2.75) is 25.0 Å². The number of rotatable bonds is 7. The lowest BCUT2D eigenvalue weighted by Gasteiger charge is -2.17. The lowest BCUT2D eigenvalue weighted by Crippen LogP contribution is -2.07. The van der Waals surface area contributed by atoms with Gasteiger partial charge in [-0.1, -0.05) is 90.5 Å². The summed E-state index contributed by atoms with van der Waals surface area (Å²) < 4.78 is 0. The lowest BCUT2D eigenvalue weighted by molar-refractivity contribution is 0.216. The van der Waals surface area contributed by atoms with E-state index in [0.717, 1.165) is 39.5 Å². The molecule has 4 nitrogen and oxygen atoms in total. The number of aromatic amines is 2. The standard InChI is InChI=1S/C30H28N2O2/c1-20-12-14-21(15-13-20)28(24-16-18-26(31-24)29(33)22-8-4-2-5-9-22)25-17-19-27(32-25)30(34)23-10-6-3-7-11-23/h2-19,28-34H,1H3. The average Bonchev–Trinajstić information content (AvgIpc) is 3.57. The zero-order valence-electron chi connectivity index (χ0n) is 19.0. The molecular weight excluding hydrogens is 420 g/mol. The van der Waals surface area contributed by atoms with Gasteiger partial charge in [0.1, 0.15) is 12.2 Å². The molecule has 2 unspecified atom stereocenters. The maximum Gasteiger partial charge on any atom is 0.119 e. The molecule has 2 atom stereocenters. The van der Waals surface area contributed by atoms with E-state index in [4.69, 9.17) is 0 Å². The first kappa shape index (κ1) is 22.0. The zero-order valence-corrected chi connectivity index (χ0v) is 19.0. The second-order valence-electron chi connectivity index (χ2n) is 8.71. The molecule has 0 spiro atoms. The Labute approximate surface area is 199 Å². The summed E-state index contributed by atoms with van der Waals surface area (Å²) in [5, 5.41) is 21.8. The molecule has 2 heterocycles. The highest BCUT2D eigenvalue weighted by Crippen LogP contribution is 2.34. The Morgan fingerprint density at radius 3 is 1.32 bits per heavy atom. The van der Waals surface area contributed by atoms with Crippen molar-refractivity contribution in [1.29, 1.82) is 0 Å². The quantitative estimate of drug-likeness (QED) is 0.247. The number of nitrogens with one attached hydrogen (secondary N) is 2. The topological polar surface area (TPSA) is 72.0 Å². The smallest absolute Gasteiger partial charge is 0.119 e. The SMILES string of the molecule is Cc1ccc(C(c2ccc(C(O)c3ccccc3)[nH]2)c2ccc(C(O)c3ccccc3)[nH]2)cc1. The van der Waals surface area contributed by atoms with Crippen LogP contribution >= 0.6 is 0 Å². The summed E-state index contributed by atoms with van der Waals surface area (Å²) >= 11 is 0. The number of aliphatic hydroxyl groups is 2. The molecule has 4 N–H and O–H groups in total. The Kier molecular flexibility index (Phi) is 6.17. The summed E-state index contributed by atoms with van der Waals surface area (Å²) in [5.74, 6) is -0.103. The molecule has 0 bridgehead atoms. The minimum atomic E-state index is -0.729. The molecule has 0 radical (unpaired) electrons. The van der Waals surface area contributed by atoms with Crippen molar-refractivity contribution in [3.63, 3.8) is 0 Å². The maximum absolute atomic E-state index is 10.9. The molecule has 170 valence electrons. The van der Waals surface area contributed by atoms with Crippen LogP contribution in [0.4, 0.5) is 0 Å². The van der Waals surface area contributed by atoms with Crippen molar-refractivity contribution in [2.24, 2.45) is 0 Å².